The minimum atomic E-state index is -0.638. The van der Waals surface area contributed by atoms with Gasteiger partial charge in [-0.1, -0.05) is 32.0 Å². The summed E-state index contributed by atoms with van der Waals surface area (Å²) in [6.45, 7) is 5.75. The molecule has 0 aliphatic heterocycles. The highest BCUT2D eigenvalue weighted by Crippen LogP contribution is 2.33. The van der Waals surface area contributed by atoms with Crippen LogP contribution in [0, 0.1) is 6.92 Å². The fraction of sp³-hybridized carbons (Fsp3) is 0.333. The summed E-state index contributed by atoms with van der Waals surface area (Å²) in [5.74, 6) is -0.178. The number of anilines is 1. The predicted molar refractivity (Wildman–Crippen MR) is 96.7 cm³/mol. The number of benzene rings is 1. The van der Waals surface area contributed by atoms with E-state index in [4.69, 9.17) is 10.5 Å². The number of para-hydroxylation sites is 1. The van der Waals surface area contributed by atoms with Gasteiger partial charge in [0.1, 0.15) is 10.8 Å². The van der Waals surface area contributed by atoms with Gasteiger partial charge in [0, 0.05) is 4.88 Å². The molecule has 128 valence electrons. The number of hydrogen-bond acceptors (Lipinski definition) is 4. The van der Waals surface area contributed by atoms with Crippen LogP contribution in [0.4, 0.5) is 5.00 Å². The first kappa shape index (κ1) is 18.0. The third-order valence-electron chi connectivity index (χ3n) is 3.73. The van der Waals surface area contributed by atoms with Crippen molar-refractivity contribution in [1.29, 1.82) is 0 Å². The predicted octanol–water partition coefficient (Wildman–Crippen LogP) is 3.51. The molecule has 0 spiro atoms. The molecule has 0 unspecified atom stereocenters. The van der Waals surface area contributed by atoms with E-state index in [0.717, 1.165) is 10.4 Å². The van der Waals surface area contributed by atoms with Crippen molar-refractivity contribution in [1.82, 2.24) is 0 Å². The molecule has 0 radical (unpaired) electrons. The van der Waals surface area contributed by atoms with Crippen molar-refractivity contribution in [3.8, 4) is 5.75 Å². The van der Waals surface area contributed by atoms with E-state index in [1.165, 1.54) is 11.3 Å². The monoisotopic (exact) mass is 346 g/mol. The lowest BCUT2D eigenvalue weighted by Gasteiger charge is -2.17. The number of primary amides is 1. The lowest BCUT2D eigenvalue weighted by molar-refractivity contribution is -0.122. The molecule has 1 atom stereocenters. The number of ether oxygens (including phenoxy) is 1. The molecule has 1 aromatic carbocycles. The van der Waals surface area contributed by atoms with E-state index in [2.05, 4.69) is 5.32 Å². The molecule has 0 saturated heterocycles. The molecule has 0 saturated carbocycles. The molecule has 5 nitrogen and oxygen atoms in total. The molecule has 0 fully saturated rings. The fourth-order valence-corrected chi connectivity index (χ4v) is 3.68. The highest BCUT2D eigenvalue weighted by molar-refractivity contribution is 7.16. The second-order valence-electron chi connectivity index (χ2n) is 5.38. The van der Waals surface area contributed by atoms with Gasteiger partial charge >= 0.3 is 0 Å². The summed E-state index contributed by atoms with van der Waals surface area (Å²) < 4.78 is 5.74. The maximum Gasteiger partial charge on any atom is 0.266 e. The summed E-state index contributed by atoms with van der Waals surface area (Å²) >= 11 is 1.37. The van der Waals surface area contributed by atoms with Crippen LogP contribution in [0.1, 0.15) is 41.1 Å². The summed E-state index contributed by atoms with van der Waals surface area (Å²) in [4.78, 5) is 25.3. The second kappa shape index (κ2) is 7.97. The molecule has 1 aromatic heterocycles. The molecule has 2 amide bonds. The minimum Gasteiger partial charge on any atom is -0.481 e. The number of nitrogens with two attached hydrogens (primary N) is 1. The van der Waals surface area contributed by atoms with E-state index in [0.29, 0.717) is 29.2 Å². The third-order valence-corrected chi connectivity index (χ3v) is 4.79. The molecule has 2 rings (SSSR count). The quantitative estimate of drug-likeness (QED) is 0.805. The number of thiophene rings is 1. The molecule has 0 aliphatic rings. The maximum absolute atomic E-state index is 12.6. The van der Waals surface area contributed by atoms with Crippen LogP contribution in [0.3, 0.4) is 0 Å². The molecule has 2 aromatic rings. The zero-order chi connectivity index (χ0) is 17.7. The van der Waals surface area contributed by atoms with Gasteiger partial charge < -0.3 is 15.8 Å². The smallest absolute Gasteiger partial charge is 0.266 e. The van der Waals surface area contributed by atoms with Crippen LogP contribution in [-0.2, 0) is 11.2 Å². The largest absolute Gasteiger partial charge is 0.481 e. The number of nitrogens with one attached hydrogen (secondary N) is 1. The van der Waals surface area contributed by atoms with Crippen LogP contribution in [0.25, 0.3) is 0 Å². The van der Waals surface area contributed by atoms with Gasteiger partial charge in [-0.15, -0.1) is 11.3 Å². The molecular formula is C18H22N2O3S. The zero-order valence-corrected chi connectivity index (χ0v) is 14.9. The molecule has 3 N–H and O–H groups in total. The van der Waals surface area contributed by atoms with E-state index in [1.807, 2.05) is 39.0 Å². The number of amides is 2. The summed E-state index contributed by atoms with van der Waals surface area (Å²) in [5.41, 5.74) is 6.79. The van der Waals surface area contributed by atoms with Crippen LogP contribution in [0.5, 0.6) is 5.75 Å². The number of carbonyl (C=O) groups is 2. The lowest BCUT2D eigenvalue weighted by Crippen LogP contribution is -2.32. The first-order valence-electron chi connectivity index (χ1n) is 7.92. The molecule has 6 heteroatoms. The molecule has 24 heavy (non-hydrogen) atoms. The summed E-state index contributed by atoms with van der Waals surface area (Å²) in [5, 5.41) is 3.31. The number of aryl methyl sites for hydroxylation is 1. The van der Waals surface area contributed by atoms with Crippen molar-refractivity contribution >= 4 is 28.2 Å². The van der Waals surface area contributed by atoms with E-state index in [1.54, 1.807) is 12.1 Å². The Bertz CT molecular complexity index is 725. The number of carbonyl (C=O) groups excluding carboxylic acids is 2. The fourth-order valence-electron chi connectivity index (χ4n) is 2.53. The van der Waals surface area contributed by atoms with Crippen molar-refractivity contribution < 1.29 is 14.3 Å². The van der Waals surface area contributed by atoms with Crippen molar-refractivity contribution in [2.75, 3.05) is 5.32 Å². The Morgan fingerprint density at radius 1 is 1.25 bits per heavy atom. The molecular weight excluding hydrogens is 324 g/mol. The molecule has 1 heterocycles. The van der Waals surface area contributed by atoms with Gasteiger partial charge in [-0.25, -0.2) is 0 Å². The van der Waals surface area contributed by atoms with Crippen LogP contribution in [-0.4, -0.2) is 17.9 Å². The Morgan fingerprint density at radius 2 is 1.92 bits per heavy atom. The van der Waals surface area contributed by atoms with Crippen LogP contribution < -0.4 is 15.8 Å². The van der Waals surface area contributed by atoms with Gasteiger partial charge in [0.25, 0.3) is 11.8 Å². The van der Waals surface area contributed by atoms with Crippen LogP contribution in [0.15, 0.2) is 30.3 Å². The minimum absolute atomic E-state index is 0.284. The van der Waals surface area contributed by atoms with Gasteiger partial charge in [-0.3, -0.25) is 9.59 Å². The Hall–Kier alpha value is -2.34. The molecule has 0 bridgehead atoms. The zero-order valence-electron chi connectivity index (χ0n) is 14.1. The highest BCUT2D eigenvalue weighted by atomic mass is 32.1. The van der Waals surface area contributed by atoms with Crippen molar-refractivity contribution in [2.24, 2.45) is 5.73 Å². The average molecular weight is 346 g/mol. The first-order chi connectivity index (χ1) is 11.5. The Kier molecular flexibility index (Phi) is 5.98. The van der Waals surface area contributed by atoms with E-state index >= 15 is 0 Å². The van der Waals surface area contributed by atoms with Crippen LogP contribution in [0.2, 0.25) is 0 Å². The average Bonchev–Trinajstić information content (AvgIpc) is 2.88. The molecule has 0 aliphatic carbocycles. The SMILES string of the molecule is CCc1c(C)sc(NC(=O)[C@H](CC)Oc2ccccc2)c1C(N)=O. The van der Waals surface area contributed by atoms with Gasteiger partial charge in [0.2, 0.25) is 0 Å². The Labute approximate surface area is 145 Å². The number of rotatable bonds is 7. The summed E-state index contributed by atoms with van der Waals surface area (Å²) in [6.07, 6.45) is 0.562. The maximum atomic E-state index is 12.6. The topological polar surface area (TPSA) is 81.4 Å². The van der Waals surface area contributed by atoms with Gasteiger partial charge in [0.05, 0.1) is 5.56 Å². The summed E-state index contributed by atoms with van der Waals surface area (Å²) in [7, 11) is 0. The number of hydrogen-bond donors (Lipinski definition) is 2. The van der Waals surface area contributed by atoms with Gasteiger partial charge in [0.15, 0.2) is 6.10 Å². The summed E-state index contributed by atoms with van der Waals surface area (Å²) in [6, 6.07) is 9.18. The standard InChI is InChI=1S/C18H22N2O3S/c1-4-13-11(3)24-18(15(13)16(19)21)20-17(22)14(5-2)23-12-9-7-6-8-10-12/h6-10,14H,4-5H2,1-3H3,(H2,19,21)(H,20,22)/t14-/m0/s1. The third kappa shape index (κ3) is 3.94. The van der Waals surface area contributed by atoms with Crippen molar-refractivity contribution in [2.45, 2.75) is 39.7 Å². The van der Waals surface area contributed by atoms with E-state index in [-0.39, 0.29) is 5.91 Å². The Balaban J connectivity index is 2.20. The normalized spacial score (nSPS) is 11.8. The van der Waals surface area contributed by atoms with Crippen LogP contribution >= 0.6 is 11.3 Å². The lowest BCUT2D eigenvalue weighted by atomic mass is 10.1. The highest BCUT2D eigenvalue weighted by Gasteiger charge is 2.24. The second-order valence-corrected chi connectivity index (χ2v) is 6.60. The van der Waals surface area contributed by atoms with E-state index in [9.17, 15) is 9.59 Å². The van der Waals surface area contributed by atoms with E-state index < -0.39 is 12.0 Å². The Morgan fingerprint density at radius 3 is 2.46 bits per heavy atom. The first-order valence-corrected chi connectivity index (χ1v) is 8.74. The van der Waals surface area contributed by atoms with Crippen molar-refractivity contribution in [3.63, 3.8) is 0 Å². The van der Waals surface area contributed by atoms with Gasteiger partial charge in [-0.2, -0.15) is 0 Å². The van der Waals surface area contributed by atoms with Crippen molar-refractivity contribution in [3.05, 3.63) is 46.3 Å². The van der Waals surface area contributed by atoms with Gasteiger partial charge in [-0.05, 0) is 37.5 Å².